The molecule has 0 aliphatic rings. The van der Waals surface area contributed by atoms with Crippen LogP contribution in [0, 0.1) is 0 Å². The van der Waals surface area contributed by atoms with Gasteiger partial charge in [-0.3, -0.25) is 0 Å². The average molecular weight is 311 g/mol. The van der Waals surface area contributed by atoms with Crippen molar-refractivity contribution >= 4 is 28.6 Å². The average Bonchev–Trinajstić information content (AvgIpc) is 2.90. The Bertz CT molecular complexity index is 639. The van der Waals surface area contributed by atoms with E-state index < -0.39 is 6.04 Å². The summed E-state index contributed by atoms with van der Waals surface area (Å²) in [5.74, 6) is 1.21. The van der Waals surface area contributed by atoms with Crippen molar-refractivity contribution in [3.63, 3.8) is 0 Å². The van der Waals surface area contributed by atoms with E-state index in [4.69, 9.17) is 21.1 Å². The van der Waals surface area contributed by atoms with Crippen molar-refractivity contribution in [2.75, 3.05) is 13.7 Å². The van der Waals surface area contributed by atoms with Crippen LogP contribution in [0.25, 0.3) is 11.0 Å². The summed E-state index contributed by atoms with van der Waals surface area (Å²) >= 11 is 5.98. The molecule has 2 rings (SSSR count). The van der Waals surface area contributed by atoms with E-state index in [1.165, 1.54) is 7.11 Å². The van der Waals surface area contributed by atoms with Crippen LogP contribution < -0.4 is 4.74 Å². The van der Waals surface area contributed by atoms with Gasteiger partial charge in [-0.2, -0.15) is 0 Å². The summed E-state index contributed by atoms with van der Waals surface area (Å²) in [7, 11) is 1.37. The first-order valence-electron chi connectivity index (χ1n) is 6.90. The van der Waals surface area contributed by atoms with E-state index >= 15 is 0 Å². The van der Waals surface area contributed by atoms with Crippen molar-refractivity contribution in [1.29, 1.82) is 0 Å². The predicted molar refractivity (Wildman–Crippen MR) is 81.8 cm³/mol. The molecule has 0 saturated carbocycles. The van der Waals surface area contributed by atoms with Crippen molar-refractivity contribution in [2.24, 2.45) is 0 Å². The number of imidazole rings is 1. The number of para-hydroxylation sites is 1. The highest BCUT2D eigenvalue weighted by molar-refractivity contribution is 6.17. The number of fused-ring (bicyclic) bond motifs is 1. The number of nitrogens with zero attached hydrogens (tertiary/aromatic N) is 2. The number of halogens is 1. The fourth-order valence-corrected chi connectivity index (χ4v) is 2.46. The number of carbonyl (C=O) groups is 1. The lowest BCUT2D eigenvalue weighted by Crippen LogP contribution is -2.19. The number of alkyl halides is 1. The van der Waals surface area contributed by atoms with Crippen molar-refractivity contribution in [1.82, 2.24) is 9.55 Å². The lowest BCUT2D eigenvalue weighted by atomic mass is 10.2. The molecule has 1 aromatic carbocycles. The number of aromatic nitrogens is 2. The van der Waals surface area contributed by atoms with Gasteiger partial charge in [-0.1, -0.05) is 13.0 Å². The molecule has 0 N–H and O–H groups in total. The number of ether oxygens (including phenoxy) is 2. The van der Waals surface area contributed by atoms with Crippen LogP contribution in [0.2, 0.25) is 0 Å². The van der Waals surface area contributed by atoms with Crippen molar-refractivity contribution in [2.45, 2.75) is 32.2 Å². The summed E-state index contributed by atoms with van der Waals surface area (Å²) in [5, 5.41) is 0. The van der Waals surface area contributed by atoms with Crippen LogP contribution >= 0.6 is 11.6 Å². The van der Waals surface area contributed by atoms with Gasteiger partial charge in [0.05, 0.1) is 25.1 Å². The molecule has 0 bridgehead atoms. The smallest absolute Gasteiger partial charge is 0.328 e. The van der Waals surface area contributed by atoms with Crippen LogP contribution in [-0.2, 0) is 15.4 Å². The predicted octanol–water partition coefficient (Wildman–Crippen LogP) is 3.30. The van der Waals surface area contributed by atoms with E-state index in [0.29, 0.717) is 18.2 Å². The number of hydrogen-bond donors (Lipinski definition) is 0. The fourth-order valence-electron chi connectivity index (χ4n) is 2.27. The standard InChI is InChI=1S/C15H19ClN2O3/c1-4-8-21-12-7-5-6-11-14(12)17-13(9-16)18(11)10(2)15(19)20-3/h5-7,10H,4,8-9H2,1-3H3. The minimum absolute atomic E-state index is 0.212. The largest absolute Gasteiger partial charge is 0.491 e. The molecule has 21 heavy (non-hydrogen) atoms. The molecule has 0 amide bonds. The Balaban J connectivity index is 2.56. The number of carbonyl (C=O) groups excluding carboxylic acids is 1. The van der Waals surface area contributed by atoms with Crippen LogP contribution in [-0.4, -0.2) is 29.2 Å². The monoisotopic (exact) mass is 310 g/mol. The van der Waals surface area contributed by atoms with Gasteiger partial charge >= 0.3 is 5.97 Å². The number of esters is 1. The lowest BCUT2D eigenvalue weighted by Gasteiger charge is -2.14. The van der Waals surface area contributed by atoms with E-state index in [2.05, 4.69) is 4.98 Å². The first-order valence-corrected chi connectivity index (χ1v) is 7.43. The molecule has 0 aliphatic heterocycles. The second kappa shape index (κ2) is 6.80. The molecule has 1 atom stereocenters. The van der Waals surface area contributed by atoms with Gasteiger partial charge in [0.25, 0.3) is 0 Å². The zero-order valence-electron chi connectivity index (χ0n) is 12.4. The van der Waals surface area contributed by atoms with Crippen molar-refractivity contribution in [3.05, 3.63) is 24.0 Å². The maximum absolute atomic E-state index is 11.8. The quantitative estimate of drug-likeness (QED) is 0.607. The Hall–Kier alpha value is -1.75. The highest BCUT2D eigenvalue weighted by Gasteiger charge is 2.23. The van der Waals surface area contributed by atoms with Gasteiger partial charge < -0.3 is 14.0 Å². The topological polar surface area (TPSA) is 53.4 Å². The van der Waals surface area contributed by atoms with Crippen LogP contribution in [0.15, 0.2) is 18.2 Å². The molecule has 0 aliphatic carbocycles. The molecule has 1 aromatic heterocycles. The van der Waals surface area contributed by atoms with Gasteiger partial charge in [0.1, 0.15) is 23.1 Å². The third-order valence-corrected chi connectivity index (χ3v) is 3.51. The molecular weight excluding hydrogens is 292 g/mol. The van der Waals surface area contributed by atoms with Crippen LogP contribution in [0.1, 0.15) is 32.1 Å². The fraction of sp³-hybridized carbons (Fsp3) is 0.467. The van der Waals surface area contributed by atoms with Crippen molar-refractivity contribution in [3.8, 4) is 5.75 Å². The number of methoxy groups -OCH3 is 1. The Kier molecular flexibility index (Phi) is 5.07. The second-order valence-corrected chi connectivity index (χ2v) is 4.97. The highest BCUT2D eigenvalue weighted by Crippen LogP contribution is 2.29. The normalized spacial score (nSPS) is 12.4. The SMILES string of the molecule is CCCOc1cccc2c1nc(CCl)n2C(C)C(=O)OC. The molecule has 6 heteroatoms. The maximum atomic E-state index is 11.8. The first kappa shape index (κ1) is 15.6. The Labute approximate surface area is 128 Å². The summed E-state index contributed by atoms with van der Waals surface area (Å²) in [5.41, 5.74) is 1.54. The number of rotatable bonds is 6. The maximum Gasteiger partial charge on any atom is 0.328 e. The van der Waals surface area contributed by atoms with E-state index in [9.17, 15) is 4.79 Å². The molecule has 0 saturated heterocycles. The molecule has 0 spiro atoms. The Morgan fingerprint density at radius 1 is 1.48 bits per heavy atom. The zero-order chi connectivity index (χ0) is 15.4. The molecule has 2 aromatic rings. The Morgan fingerprint density at radius 3 is 2.86 bits per heavy atom. The molecule has 5 nitrogen and oxygen atoms in total. The van der Waals surface area contributed by atoms with E-state index in [1.54, 1.807) is 11.5 Å². The minimum atomic E-state index is -0.491. The molecule has 114 valence electrons. The lowest BCUT2D eigenvalue weighted by molar-refractivity contribution is -0.143. The Morgan fingerprint density at radius 2 is 2.24 bits per heavy atom. The molecule has 0 radical (unpaired) electrons. The second-order valence-electron chi connectivity index (χ2n) is 4.70. The first-order chi connectivity index (χ1) is 10.1. The van der Waals surface area contributed by atoms with Crippen LogP contribution in [0.4, 0.5) is 0 Å². The third kappa shape index (κ3) is 2.97. The zero-order valence-corrected chi connectivity index (χ0v) is 13.2. The summed E-state index contributed by atoms with van der Waals surface area (Å²) in [6.45, 7) is 4.43. The van der Waals surface area contributed by atoms with Gasteiger partial charge in [-0.25, -0.2) is 9.78 Å². The molecule has 1 heterocycles. The summed E-state index contributed by atoms with van der Waals surface area (Å²) < 4.78 is 12.3. The van der Waals surface area contributed by atoms with Gasteiger partial charge in [-0.05, 0) is 25.5 Å². The highest BCUT2D eigenvalue weighted by atomic mass is 35.5. The summed E-state index contributed by atoms with van der Waals surface area (Å²) in [6.07, 6.45) is 0.915. The summed E-state index contributed by atoms with van der Waals surface area (Å²) in [4.78, 5) is 16.4. The third-order valence-electron chi connectivity index (χ3n) is 3.27. The minimum Gasteiger partial charge on any atom is -0.491 e. The van der Waals surface area contributed by atoms with E-state index in [0.717, 1.165) is 17.5 Å². The molecule has 0 fully saturated rings. The van der Waals surface area contributed by atoms with Crippen LogP contribution in [0.5, 0.6) is 5.75 Å². The number of benzene rings is 1. The van der Waals surface area contributed by atoms with Crippen molar-refractivity contribution < 1.29 is 14.3 Å². The summed E-state index contributed by atoms with van der Waals surface area (Å²) in [6, 6.07) is 5.16. The number of hydrogen-bond acceptors (Lipinski definition) is 4. The van der Waals surface area contributed by atoms with E-state index in [1.807, 2.05) is 25.1 Å². The van der Waals surface area contributed by atoms with Gasteiger partial charge in [0.15, 0.2) is 0 Å². The van der Waals surface area contributed by atoms with Gasteiger partial charge in [-0.15, -0.1) is 11.6 Å². The molecular formula is C15H19ClN2O3. The van der Waals surface area contributed by atoms with E-state index in [-0.39, 0.29) is 11.8 Å². The van der Waals surface area contributed by atoms with Gasteiger partial charge in [0, 0.05) is 0 Å². The van der Waals surface area contributed by atoms with Gasteiger partial charge in [0.2, 0.25) is 0 Å². The molecule has 1 unspecified atom stereocenters. The van der Waals surface area contributed by atoms with Crippen LogP contribution in [0.3, 0.4) is 0 Å².